The van der Waals surface area contributed by atoms with E-state index in [1.54, 1.807) is 0 Å². The number of carbonyl (C=O) groups excluding carboxylic acids is 1. The molecule has 1 aromatic rings. The average molecular weight is 258 g/mol. The molecular weight excluding hydrogens is 244 g/mol. The van der Waals surface area contributed by atoms with Gasteiger partial charge in [0.05, 0.1) is 12.1 Å². The fourth-order valence-electron chi connectivity index (χ4n) is 1.23. The van der Waals surface area contributed by atoms with Gasteiger partial charge in [0.1, 0.15) is 12.3 Å². The summed E-state index contributed by atoms with van der Waals surface area (Å²) >= 11 is 1.54. The summed E-state index contributed by atoms with van der Waals surface area (Å²) in [6.45, 7) is 0. The summed E-state index contributed by atoms with van der Waals surface area (Å²) < 4.78 is 4.72. The Labute approximate surface area is 103 Å². The van der Waals surface area contributed by atoms with Gasteiger partial charge < -0.3 is 14.8 Å². The molecule has 1 heterocycles. The van der Waals surface area contributed by atoms with Crippen molar-refractivity contribution in [2.24, 2.45) is 0 Å². The lowest BCUT2D eigenvalue weighted by molar-refractivity contribution is -0.141. The third-order valence-corrected chi connectivity index (χ3v) is 2.71. The average Bonchev–Trinajstić information content (AvgIpc) is 2.76. The number of carboxylic acids is 1. The van der Waals surface area contributed by atoms with Crippen LogP contribution in [0.25, 0.3) is 0 Å². The van der Waals surface area contributed by atoms with Gasteiger partial charge in [0, 0.05) is 0 Å². The summed E-state index contributed by atoms with van der Waals surface area (Å²) in [5.74, 6) is -0.707. The molecular formula is C10H14N2O4S. The topological polar surface area (TPSA) is 92.4 Å². The molecule has 2 N–H and O–H groups in total. The number of carboxylic acid groups (broad SMARTS) is 1. The second-order valence-corrected chi connectivity index (χ2v) is 4.38. The first-order valence-corrected chi connectivity index (χ1v) is 6.41. The molecule has 94 valence electrons. The summed E-state index contributed by atoms with van der Waals surface area (Å²) in [4.78, 5) is 26.2. The van der Waals surface area contributed by atoms with Gasteiger partial charge in [-0.05, 0) is 18.4 Å². The van der Waals surface area contributed by atoms with E-state index in [0.717, 1.165) is 0 Å². The van der Waals surface area contributed by atoms with Crippen LogP contribution in [0.2, 0.25) is 0 Å². The van der Waals surface area contributed by atoms with E-state index in [0.29, 0.717) is 17.9 Å². The van der Waals surface area contributed by atoms with Crippen molar-refractivity contribution in [2.75, 3.05) is 12.0 Å². The first kappa shape index (κ1) is 13.6. The van der Waals surface area contributed by atoms with E-state index < -0.39 is 12.0 Å². The standard InChI is InChI=1S/C10H14N2O4S/c1-17-3-2-8(10(14)15)12-9(13)4-7-5-16-6-11-7/h5-6,8H,2-4H2,1H3,(H,12,13)(H,14,15)/t8-/m0/s1. The number of aromatic nitrogens is 1. The zero-order valence-corrected chi connectivity index (χ0v) is 10.2. The van der Waals surface area contributed by atoms with E-state index in [1.807, 2.05) is 6.26 Å². The van der Waals surface area contributed by atoms with Crippen molar-refractivity contribution < 1.29 is 19.1 Å². The van der Waals surface area contributed by atoms with Crippen molar-refractivity contribution in [1.29, 1.82) is 0 Å². The number of amides is 1. The van der Waals surface area contributed by atoms with Gasteiger partial charge in [0.2, 0.25) is 5.91 Å². The Morgan fingerprint density at radius 3 is 2.94 bits per heavy atom. The van der Waals surface area contributed by atoms with Crippen LogP contribution in [0.4, 0.5) is 0 Å². The molecule has 0 aliphatic heterocycles. The first-order valence-electron chi connectivity index (χ1n) is 5.01. The predicted octanol–water partition coefficient (Wildman–Crippen LogP) is 0.540. The van der Waals surface area contributed by atoms with Crippen LogP contribution in [0.1, 0.15) is 12.1 Å². The molecule has 0 aliphatic carbocycles. The lowest BCUT2D eigenvalue weighted by atomic mass is 10.2. The van der Waals surface area contributed by atoms with Crippen LogP contribution in [0.3, 0.4) is 0 Å². The third-order valence-electron chi connectivity index (χ3n) is 2.07. The summed E-state index contributed by atoms with van der Waals surface area (Å²) in [6, 6.07) is -0.846. The van der Waals surface area contributed by atoms with Gasteiger partial charge in [0.15, 0.2) is 6.39 Å². The van der Waals surface area contributed by atoms with E-state index in [2.05, 4.69) is 10.3 Å². The molecule has 0 radical (unpaired) electrons. The molecule has 0 unspecified atom stereocenters. The van der Waals surface area contributed by atoms with Gasteiger partial charge in [-0.15, -0.1) is 0 Å². The van der Waals surface area contributed by atoms with Crippen LogP contribution in [-0.4, -0.2) is 40.0 Å². The second kappa shape index (κ2) is 6.95. The molecule has 0 saturated carbocycles. The number of rotatable bonds is 7. The number of hydrogen-bond donors (Lipinski definition) is 2. The fraction of sp³-hybridized carbons (Fsp3) is 0.500. The minimum atomic E-state index is -1.02. The summed E-state index contributed by atoms with van der Waals surface area (Å²) in [5.41, 5.74) is 0.483. The van der Waals surface area contributed by atoms with Gasteiger partial charge in [-0.3, -0.25) is 4.79 Å². The van der Waals surface area contributed by atoms with Crippen molar-refractivity contribution in [2.45, 2.75) is 18.9 Å². The van der Waals surface area contributed by atoms with Crippen molar-refractivity contribution in [3.63, 3.8) is 0 Å². The highest BCUT2D eigenvalue weighted by atomic mass is 32.2. The number of nitrogens with zero attached hydrogens (tertiary/aromatic N) is 1. The maximum absolute atomic E-state index is 11.5. The normalized spacial score (nSPS) is 12.1. The summed E-state index contributed by atoms with van der Waals surface area (Å²) in [6.07, 6.45) is 4.90. The second-order valence-electron chi connectivity index (χ2n) is 3.40. The van der Waals surface area contributed by atoms with Crippen LogP contribution in [0.15, 0.2) is 17.1 Å². The molecule has 1 atom stereocenters. The minimum Gasteiger partial charge on any atom is -0.480 e. The van der Waals surface area contributed by atoms with Crippen LogP contribution in [0, 0.1) is 0 Å². The van der Waals surface area contributed by atoms with Gasteiger partial charge in [0.25, 0.3) is 0 Å². The van der Waals surface area contributed by atoms with Gasteiger partial charge in [-0.25, -0.2) is 9.78 Å². The molecule has 6 nitrogen and oxygen atoms in total. The number of carbonyl (C=O) groups is 2. The predicted molar refractivity (Wildman–Crippen MR) is 62.8 cm³/mol. The van der Waals surface area contributed by atoms with E-state index >= 15 is 0 Å². The smallest absolute Gasteiger partial charge is 0.326 e. The Hall–Kier alpha value is -1.50. The molecule has 1 rings (SSSR count). The van der Waals surface area contributed by atoms with E-state index in [1.165, 1.54) is 24.4 Å². The Morgan fingerprint density at radius 1 is 1.65 bits per heavy atom. The van der Waals surface area contributed by atoms with E-state index in [4.69, 9.17) is 9.52 Å². The largest absolute Gasteiger partial charge is 0.480 e. The Balaban J connectivity index is 2.43. The zero-order valence-electron chi connectivity index (χ0n) is 9.38. The molecule has 0 saturated heterocycles. The van der Waals surface area contributed by atoms with Gasteiger partial charge in [-0.2, -0.15) is 11.8 Å². The highest BCUT2D eigenvalue weighted by molar-refractivity contribution is 7.98. The maximum Gasteiger partial charge on any atom is 0.326 e. The number of oxazole rings is 1. The number of thioether (sulfide) groups is 1. The number of aliphatic carboxylic acids is 1. The van der Waals surface area contributed by atoms with Crippen molar-refractivity contribution >= 4 is 23.6 Å². The first-order chi connectivity index (χ1) is 8.13. The van der Waals surface area contributed by atoms with E-state index in [9.17, 15) is 9.59 Å². The minimum absolute atomic E-state index is 0.0273. The summed E-state index contributed by atoms with van der Waals surface area (Å²) in [5, 5.41) is 11.4. The Bertz CT molecular complexity index is 366. The van der Waals surface area contributed by atoms with Crippen molar-refractivity contribution in [3.8, 4) is 0 Å². The van der Waals surface area contributed by atoms with Crippen molar-refractivity contribution in [1.82, 2.24) is 10.3 Å². The molecule has 0 spiro atoms. The van der Waals surface area contributed by atoms with Crippen LogP contribution >= 0.6 is 11.8 Å². The molecule has 0 bridgehead atoms. The highest BCUT2D eigenvalue weighted by Crippen LogP contribution is 2.02. The number of nitrogens with one attached hydrogen (secondary N) is 1. The Morgan fingerprint density at radius 2 is 2.41 bits per heavy atom. The van der Waals surface area contributed by atoms with E-state index in [-0.39, 0.29) is 12.3 Å². The van der Waals surface area contributed by atoms with Gasteiger partial charge in [-0.1, -0.05) is 0 Å². The van der Waals surface area contributed by atoms with Crippen molar-refractivity contribution in [3.05, 3.63) is 18.4 Å². The van der Waals surface area contributed by atoms with Crippen LogP contribution in [0.5, 0.6) is 0 Å². The number of hydrogen-bond acceptors (Lipinski definition) is 5. The Kier molecular flexibility index (Phi) is 5.55. The zero-order chi connectivity index (χ0) is 12.7. The fourth-order valence-corrected chi connectivity index (χ4v) is 1.70. The lowest BCUT2D eigenvalue weighted by Crippen LogP contribution is -2.41. The SMILES string of the molecule is CSCC[C@H](NC(=O)Cc1cocn1)C(=O)O. The van der Waals surface area contributed by atoms with Crippen LogP contribution < -0.4 is 5.32 Å². The quantitative estimate of drug-likeness (QED) is 0.741. The third kappa shape index (κ3) is 4.90. The monoisotopic (exact) mass is 258 g/mol. The van der Waals surface area contributed by atoms with Gasteiger partial charge >= 0.3 is 5.97 Å². The van der Waals surface area contributed by atoms with Crippen LogP contribution in [-0.2, 0) is 16.0 Å². The molecule has 1 aromatic heterocycles. The summed E-state index contributed by atoms with van der Waals surface area (Å²) in [7, 11) is 0. The molecule has 17 heavy (non-hydrogen) atoms. The highest BCUT2D eigenvalue weighted by Gasteiger charge is 2.19. The maximum atomic E-state index is 11.5. The molecule has 0 fully saturated rings. The lowest BCUT2D eigenvalue weighted by Gasteiger charge is -2.13. The molecule has 0 aliphatic rings. The molecule has 7 heteroatoms. The molecule has 0 aromatic carbocycles. The molecule has 1 amide bonds.